The molecule has 2 atom stereocenters. The number of rotatable bonds is 4. The summed E-state index contributed by atoms with van der Waals surface area (Å²) in [6, 6.07) is 23.9. The smallest absolute Gasteiger partial charge is 0.262 e. The number of anilines is 1. The number of amides is 1. The number of pyridine rings is 1. The predicted molar refractivity (Wildman–Crippen MR) is 155 cm³/mol. The van der Waals surface area contributed by atoms with E-state index >= 15 is 0 Å². The Bertz CT molecular complexity index is 1650. The van der Waals surface area contributed by atoms with Crippen molar-refractivity contribution in [3.63, 3.8) is 0 Å². The molecule has 0 spiro atoms. The van der Waals surface area contributed by atoms with Crippen LogP contribution in [0.1, 0.15) is 37.8 Å². The summed E-state index contributed by atoms with van der Waals surface area (Å²) in [4.78, 5) is 30.9. The fourth-order valence-corrected chi connectivity index (χ4v) is 6.09. The third-order valence-corrected chi connectivity index (χ3v) is 8.15. The van der Waals surface area contributed by atoms with Crippen molar-refractivity contribution in [2.75, 3.05) is 18.0 Å². The zero-order valence-corrected chi connectivity index (χ0v) is 22.6. The maximum Gasteiger partial charge on any atom is 0.262 e. The van der Waals surface area contributed by atoms with Gasteiger partial charge in [0.25, 0.3) is 5.56 Å². The molecule has 2 aliphatic rings. The number of carbonyl (C=O) groups is 1. The Morgan fingerprint density at radius 2 is 1.54 bits per heavy atom. The number of nitrogens with zero attached hydrogens (tertiary/aromatic N) is 4. The molecule has 1 saturated heterocycles. The van der Waals surface area contributed by atoms with Crippen molar-refractivity contribution in [1.82, 2.24) is 9.47 Å². The molecule has 2 fully saturated rings. The number of aryl methyl sites for hydroxylation is 1. The van der Waals surface area contributed by atoms with E-state index in [1.807, 2.05) is 55.6 Å². The van der Waals surface area contributed by atoms with Gasteiger partial charge in [-0.25, -0.2) is 0 Å². The van der Waals surface area contributed by atoms with Crippen molar-refractivity contribution in [2.24, 2.45) is 5.92 Å². The second-order valence-electron chi connectivity index (χ2n) is 11.0. The van der Waals surface area contributed by atoms with Crippen LogP contribution in [0.5, 0.6) is 0 Å². The van der Waals surface area contributed by atoms with Crippen LogP contribution in [0.25, 0.3) is 27.6 Å². The van der Waals surface area contributed by atoms with Crippen LogP contribution in [-0.4, -0.2) is 40.5 Å². The van der Waals surface area contributed by atoms with Crippen molar-refractivity contribution in [3.8, 4) is 22.9 Å². The molecule has 39 heavy (non-hydrogen) atoms. The molecule has 1 aliphatic heterocycles. The summed E-state index contributed by atoms with van der Waals surface area (Å²) < 4.78 is 1.72. The van der Waals surface area contributed by atoms with Gasteiger partial charge in [-0.15, -0.1) is 0 Å². The molecule has 196 valence electrons. The maximum atomic E-state index is 13.7. The number of carbonyl (C=O) groups excluding carboxylic acids is 1. The third kappa shape index (κ3) is 4.48. The topological polar surface area (TPSA) is 69.3 Å². The van der Waals surface area contributed by atoms with Crippen LogP contribution in [0.2, 0.25) is 0 Å². The zero-order chi connectivity index (χ0) is 27.3. The van der Waals surface area contributed by atoms with Crippen molar-refractivity contribution in [3.05, 3.63) is 94.4 Å². The molecule has 0 N–H and O–H groups in total. The summed E-state index contributed by atoms with van der Waals surface area (Å²) in [5.41, 5.74) is 5.44. The first-order valence-electron chi connectivity index (χ1n) is 13.7. The van der Waals surface area contributed by atoms with Crippen LogP contribution < -0.4 is 10.5 Å². The van der Waals surface area contributed by atoms with Gasteiger partial charge in [0, 0.05) is 54.0 Å². The van der Waals surface area contributed by atoms with Gasteiger partial charge in [-0.05, 0) is 98.2 Å². The molecule has 1 amide bonds. The lowest BCUT2D eigenvalue weighted by atomic mass is 9.96. The van der Waals surface area contributed by atoms with E-state index in [0.29, 0.717) is 16.9 Å². The summed E-state index contributed by atoms with van der Waals surface area (Å²) in [5.74, 6) is 0.558. The highest BCUT2D eigenvalue weighted by Gasteiger charge is 2.40. The third-order valence-electron chi connectivity index (χ3n) is 8.15. The first kappa shape index (κ1) is 24.9. The number of hydrogen-bond donors (Lipinski definition) is 0. The number of hydrogen-bond acceptors (Lipinski definition) is 4. The Morgan fingerprint density at radius 1 is 0.897 bits per heavy atom. The van der Waals surface area contributed by atoms with Gasteiger partial charge < -0.3 is 9.80 Å². The molecule has 3 aromatic carbocycles. The summed E-state index contributed by atoms with van der Waals surface area (Å²) >= 11 is 0. The first-order chi connectivity index (χ1) is 18.9. The highest BCUT2D eigenvalue weighted by atomic mass is 16.2. The Hall–Kier alpha value is -4.37. The van der Waals surface area contributed by atoms with Crippen molar-refractivity contribution in [2.45, 2.75) is 45.7 Å². The average Bonchev–Trinajstić information content (AvgIpc) is 3.80. The minimum atomic E-state index is -0.0618. The van der Waals surface area contributed by atoms with Crippen LogP contribution in [0.15, 0.2) is 77.7 Å². The molecule has 2 unspecified atom stereocenters. The van der Waals surface area contributed by atoms with E-state index in [9.17, 15) is 9.59 Å². The second-order valence-corrected chi connectivity index (χ2v) is 11.0. The van der Waals surface area contributed by atoms with E-state index in [1.165, 1.54) is 0 Å². The minimum Gasteiger partial charge on any atom is -0.367 e. The highest BCUT2D eigenvalue weighted by molar-refractivity contribution is 5.98. The van der Waals surface area contributed by atoms with Crippen molar-refractivity contribution in [1.29, 1.82) is 5.26 Å². The molecule has 4 aromatic rings. The van der Waals surface area contributed by atoms with E-state index in [0.717, 1.165) is 59.4 Å². The lowest BCUT2D eigenvalue weighted by Gasteiger charge is -2.45. The Morgan fingerprint density at radius 3 is 2.15 bits per heavy atom. The van der Waals surface area contributed by atoms with Gasteiger partial charge in [0.1, 0.15) is 0 Å². The van der Waals surface area contributed by atoms with Crippen LogP contribution in [0, 0.1) is 24.2 Å². The lowest BCUT2D eigenvalue weighted by Crippen LogP contribution is -2.59. The van der Waals surface area contributed by atoms with Gasteiger partial charge >= 0.3 is 0 Å². The number of piperazine rings is 1. The maximum absolute atomic E-state index is 13.7. The van der Waals surface area contributed by atoms with Crippen LogP contribution in [0.4, 0.5) is 5.69 Å². The molecule has 2 heterocycles. The van der Waals surface area contributed by atoms with Gasteiger partial charge in [-0.1, -0.05) is 24.3 Å². The molecule has 1 aromatic heterocycles. The molecule has 6 nitrogen and oxygen atoms in total. The van der Waals surface area contributed by atoms with Crippen LogP contribution in [0.3, 0.4) is 0 Å². The molecule has 1 saturated carbocycles. The average molecular weight is 517 g/mol. The van der Waals surface area contributed by atoms with Gasteiger partial charge in [-0.2, -0.15) is 5.26 Å². The number of fused-ring (bicyclic) bond motifs is 1. The van der Waals surface area contributed by atoms with Gasteiger partial charge in [0.05, 0.1) is 11.6 Å². The summed E-state index contributed by atoms with van der Waals surface area (Å²) in [6.07, 6.45) is 3.98. The molecule has 0 radical (unpaired) electrons. The van der Waals surface area contributed by atoms with E-state index < -0.39 is 0 Å². The number of aromatic nitrogens is 1. The minimum absolute atomic E-state index is 0.0618. The Kier molecular flexibility index (Phi) is 6.23. The van der Waals surface area contributed by atoms with Crippen LogP contribution >= 0.6 is 0 Å². The molecule has 6 heteroatoms. The van der Waals surface area contributed by atoms with E-state index in [2.05, 4.69) is 41.8 Å². The van der Waals surface area contributed by atoms with Crippen molar-refractivity contribution >= 4 is 22.4 Å². The molecular weight excluding hydrogens is 484 g/mol. The van der Waals surface area contributed by atoms with Crippen LogP contribution in [-0.2, 0) is 4.79 Å². The van der Waals surface area contributed by atoms with Gasteiger partial charge in [0.2, 0.25) is 5.91 Å². The number of nitriles is 1. The van der Waals surface area contributed by atoms with E-state index in [4.69, 9.17) is 5.26 Å². The SMILES string of the molecule is Cc1cn(-c2ccc(N3CC(C)N(C(=O)C4CC4)C(C)C3)cc2)c(=O)c2cccc(-c3ccc(C#N)cc3)c12. The second kappa shape index (κ2) is 9.74. The molecule has 6 rings (SSSR count). The fourth-order valence-electron chi connectivity index (χ4n) is 6.09. The normalized spacial score (nSPS) is 19.2. The quantitative estimate of drug-likeness (QED) is 0.350. The molecule has 0 bridgehead atoms. The largest absolute Gasteiger partial charge is 0.367 e. The fraction of sp³-hybridized carbons (Fsp3) is 0.303. The first-order valence-corrected chi connectivity index (χ1v) is 13.7. The summed E-state index contributed by atoms with van der Waals surface area (Å²) in [7, 11) is 0. The highest BCUT2D eigenvalue weighted by Crippen LogP contribution is 2.34. The van der Waals surface area contributed by atoms with E-state index in [1.54, 1.807) is 16.7 Å². The number of benzene rings is 3. The standard InChI is InChI=1S/C33H32N4O2/c1-21-18-36(33(39)30-6-4-5-29(31(21)30)25-9-7-24(17-34)8-10-25)28-15-13-27(14-16-28)35-19-22(2)37(23(3)20-35)32(38)26-11-12-26/h4-10,13-16,18,22-23,26H,11-12,19-20H2,1-3H3. The zero-order valence-electron chi connectivity index (χ0n) is 22.6. The van der Waals surface area contributed by atoms with Gasteiger partial charge in [-0.3, -0.25) is 14.2 Å². The molecule has 1 aliphatic carbocycles. The van der Waals surface area contributed by atoms with E-state index in [-0.39, 0.29) is 23.6 Å². The lowest BCUT2D eigenvalue weighted by molar-refractivity contribution is -0.137. The predicted octanol–water partition coefficient (Wildman–Crippen LogP) is 5.67. The Labute approximate surface area is 228 Å². The Balaban J connectivity index is 1.29. The summed E-state index contributed by atoms with van der Waals surface area (Å²) in [5, 5.41) is 10.7. The van der Waals surface area contributed by atoms with Crippen molar-refractivity contribution < 1.29 is 4.79 Å². The monoisotopic (exact) mass is 516 g/mol. The molecular formula is C33H32N4O2. The summed E-state index contributed by atoms with van der Waals surface area (Å²) in [6.45, 7) is 7.91. The van der Waals surface area contributed by atoms with Gasteiger partial charge in [0.15, 0.2) is 0 Å².